The van der Waals surface area contributed by atoms with Crippen molar-refractivity contribution in [1.82, 2.24) is 0 Å². The van der Waals surface area contributed by atoms with Crippen LogP contribution in [0.25, 0.3) is 0 Å². The maximum Gasteiger partial charge on any atom is 0.331 e. The third-order valence-corrected chi connectivity index (χ3v) is 1.45. The summed E-state index contributed by atoms with van der Waals surface area (Å²) < 4.78 is 9.50. The lowest BCUT2D eigenvalue weighted by Gasteiger charge is -1.99. The summed E-state index contributed by atoms with van der Waals surface area (Å²) in [7, 11) is 0. The molecule has 0 bridgehead atoms. The summed E-state index contributed by atoms with van der Waals surface area (Å²) in [6, 6.07) is 0. The number of esters is 1. The largest absolute Gasteiger partial charge is 0.478 e. The van der Waals surface area contributed by atoms with Crippen LogP contribution in [0.15, 0.2) is 36.8 Å². The van der Waals surface area contributed by atoms with E-state index in [1.807, 2.05) is 6.92 Å². The lowest BCUT2D eigenvalue weighted by atomic mass is 10.4. The third-order valence-electron chi connectivity index (χ3n) is 1.45. The van der Waals surface area contributed by atoms with Crippen molar-refractivity contribution in [2.75, 3.05) is 6.61 Å². The van der Waals surface area contributed by atoms with E-state index < -0.39 is 11.9 Å². The van der Waals surface area contributed by atoms with Crippen molar-refractivity contribution in [3.05, 3.63) is 36.8 Å². The van der Waals surface area contributed by atoms with Crippen LogP contribution in [0, 0.1) is 0 Å². The van der Waals surface area contributed by atoms with Crippen molar-refractivity contribution >= 4 is 11.9 Å². The predicted molar refractivity (Wildman–Crippen MR) is 73.4 cm³/mol. The number of carbonyl (C=O) groups excluding carboxylic acids is 1. The number of hydrogen-bond acceptors (Lipinski definition) is 4. The third kappa shape index (κ3) is 21.7. The number of carbonyl (C=O) groups is 2. The van der Waals surface area contributed by atoms with E-state index in [9.17, 15) is 9.59 Å². The lowest BCUT2D eigenvalue weighted by Crippen LogP contribution is -2.02. The zero-order valence-corrected chi connectivity index (χ0v) is 11.8. The van der Waals surface area contributed by atoms with E-state index in [2.05, 4.69) is 17.9 Å². The molecule has 0 aromatic heterocycles. The Morgan fingerprint density at radius 2 is 1.68 bits per heavy atom. The van der Waals surface area contributed by atoms with E-state index in [0.29, 0.717) is 18.1 Å². The first-order valence-electron chi connectivity index (χ1n) is 5.86. The minimum absolute atomic E-state index is 0.347. The average Bonchev–Trinajstić information content (AvgIpc) is 2.25. The molecule has 0 saturated heterocycles. The molecule has 0 saturated carbocycles. The predicted octanol–water partition coefficient (Wildman–Crippen LogP) is 3.04. The molecule has 5 nitrogen and oxygen atoms in total. The van der Waals surface area contributed by atoms with Crippen molar-refractivity contribution in [2.45, 2.75) is 33.6 Å². The highest BCUT2D eigenvalue weighted by Gasteiger charge is 1.96. The Morgan fingerprint density at radius 3 is 2.00 bits per heavy atom. The average molecular weight is 270 g/mol. The molecule has 0 atom stereocenters. The zero-order valence-electron chi connectivity index (χ0n) is 11.8. The van der Waals surface area contributed by atoms with Crippen molar-refractivity contribution in [3.8, 4) is 0 Å². The topological polar surface area (TPSA) is 72.8 Å². The second-order valence-electron chi connectivity index (χ2n) is 3.70. The van der Waals surface area contributed by atoms with Gasteiger partial charge in [0.1, 0.15) is 0 Å². The van der Waals surface area contributed by atoms with Gasteiger partial charge in [0.2, 0.25) is 0 Å². The number of carboxylic acid groups (broad SMARTS) is 1. The molecule has 0 rings (SSSR count). The van der Waals surface area contributed by atoms with Crippen molar-refractivity contribution in [1.29, 1.82) is 0 Å². The molecule has 0 aliphatic heterocycles. The van der Waals surface area contributed by atoms with E-state index in [0.717, 1.165) is 25.0 Å². The van der Waals surface area contributed by atoms with Crippen molar-refractivity contribution in [3.63, 3.8) is 0 Å². The highest BCUT2D eigenvalue weighted by atomic mass is 16.5. The molecule has 5 heteroatoms. The SMILES string of the molecule is C=C(C)OC(=C)C.CCCCOC(=O)/C=C\C(=O)O. The molecule has 0 aromatic carbocycles. The van der Waals surface area contributed by atoms with E-state index in [1.165, 1.54) is 0 Å². The number of unbranched alkanes of at least 4 members (excludes halogenated alkanes) is 1. The van der Waals surface area contributed by atoms with Gasteiger partial charge in [-0.25, -0.2) is 9.59 Å². The van der Waals surface area contributed by atoms with Crippen LogP contribution in [0.5, 0.6) is 0 Å². The number of allylic oxidation sites excluding steroid dienone is 2. The van der Waals surface area contributed by atoms with Crippen LogP contribution in [0.3, 0.4) is 0 Å². The van der Waals surface area contributed by atoms with Crippen LogP contribution in [0.1, 0.15) is 33.6 Å². The zero-order chi connectivity index (χ0) is 15.3. The number of hydrogen-bond donors (Lipinski definition) is 1. The van der Waals surface area contributed by atoms with Gasteiger partial charge >= 0.3 is 11.9 Å². The first-order chi connectivity index (χ1) is 8.79. The van der Waals surface area contributed by atoms with Gasteiger partial charge in [-0.1, -0.05) is 26.5 Å². The highest BCUT2D eigenvalue weighted by molar-refractivity contribution is 5.90. The molecule has 0 fully saturated rings. The molecule has 19 heavy (non-hydrogen) atoms. The molecule has 0 amide bonds. The first-order valence-corrected chi connectivity index (χ1v) is 5.86. The van der Waals surface area contributed by atoms with Gasteiger partial charge < -0.3 is 14.6 Å². The van der Waals surface area contributed by atoms with Gasteiger partial charge in [0.15, 0.2) is 0 Å². The minimum atomic E-state index is -1.15. The standard InChI is InChI=1S/C8H12O4.C6H10O/c1-2-3-6-12-8(11)5-4-7(9)10;1-5(2)7-6(3)4/h4-5H,2-3,6H2,1H3,(H,9,10);1,3H2,2,4H3/b5-4-;. The van der Waals surface area contributed by atoms with Crippen LogP contribution in [-0.2, 0) is 19.1 Å². The smallest absolute Gasteiger partial charge is 0.331 e. The van der Waals surface area contributed by atoms with Gasteiger partial charge in [-0.2, -0.15) is 0 Å². The summed E-state index contributed by atoms with van der Waals surface area (Å²) in [4.78, 5) is 20.6. The van der Waals surface area contributed by atoms with Crippen molar-refractivity contribution in [2.24, 2.45) is 0 Å². The number of rotatable bonds is 7. The molecule has 0 aliphatic rings. The summed E-state index contributed by atoms with van der Waals surface area (Å²) in [6.07, 6.45) is 3.40. The van der Waals surface area contributed by atoms with E-state index in [4.69, 9.17) is 9.84 Å². The molecule has 0 radical (unpaired) electrons. The van der Waals surface area contributed by atoms with Crippen LogP contribution < -0.4 is 0 Å². The van der Waals surface area contributed by atoms with Crippen LogP contribution >= 0.6 is 0 Å². The molecule has 0 aromatic rings. The fourth-order valence-electron chi connectivity index (χ4n) is 0.802. The Balaban J connectivity index is 0. The molecular weight excluding hydrogens is 248 g/mol. The maximum atomic E-state index is 10.6. The van der Waals surface area contributed by atoms with Gasteiger partial charge in [-0.15, -0.1) is 0 Å². The molecule has 0 unspecified atom stereocenters. The Kier molecular flexibility index (Phi) is 12.6. The summed E-state index contributed by atoms with van der Waals surface area (Å²) in [5, 5.41) is 8.14. The summed E-state index contributed by atoms with van der Waals surface area (Å²) >= 11 is 0. The number of ether oxygens (including phenoxy) is 2. The van der Waals surface area contributed by atoms with E-state index >= 15 is 0 Å². The highest BCUT2D eigenvalue weighted by Crippen LogP contribution is 1.97. The van der Waals surface area contributed by atoms with Crippen molar-refractivity contribution < 1.29 is 24.2 Å². The van der Waals surface area contributed by atoms with Gasteiger partial charge in [-0.05, 0) is 20.3 Å². The fourth-order valence-corrected chi connectivity index (χ4v) is 0.802. The maximum absolute atomic E-state index is 10.6. The Bertz CT molecular complexity index is 330. The fraction of sp³-hybridized carbons (Fsp3) is 0.429. The second-order valence-corrected chi connectivity index (χ2v) is 3.70. The van der Waals surface area contributed by atoms with E-state index in [1.54, 1.807) is 13.8 Å². The number of aliphatic carboxylic acids is 1. The molecule has 1 N–H and O–H groups in total. The summed E-state index contributed by atoms with van der Waals surface area (Å²) in [6.45, 7) is 12.9. The molecule has 0 aliphatic carbocycles. The Hall–Kier alpha value is -2.04. The quantitative estimate of drug-likeness (QED) is 0.333. The molecular formula is C14H22O5. The van der Waals surface area contributed by atoms with Crippen LogP contribution in [0.4, 0.5) is 0 Å². The Morgan fingerprint density at radius 1 is 1.16 bits per heavy atom. The molecule has 108 valence electrons. The summed E-state index contributed by atoms with van der Waals surface area (Å²) in [5.41, 5.74) is 0. The van der Waals surface area contributed by atoms with E-state index in [-0.39, 0.29) is 0 Å². The van der Waals surface area contributed by atoms with Gasteiger partial charge in [-0.3, -0.25) is 0 Å². The lowest BCUT2D eigenvalue weighted by molar-refractivity contribution is -0.138. The van der Waals surface area contributed by atoms with Gasteiger partial charge in [0, 0.05) is 12.2 Å². The normalized spacial score (nSPS) is 9.21. The van der Waals surface area contributed by atoms with Crippen LogP contribution in [0.2, 0.25) is 0 Å². The van der Waals surface area contributed by atoms with Gasteiger partial charge in [0.05, 0.1) is 18.1 Å². The first kappa shape index (κ1) is 19.3. The monoisotopic (exact) mass is 270 g/mol. The molecule has 0 spiro atoms. The summed E-state index contributed by atoms with van der Waals surface area (Å²) in [5.74, 6) is -0.381. The van der Waals surface area contributed by atoms with Crippen LogP contribution in [-0.4, -0.2) is 23.7 Å². The molecule has 0 heterocycles. The van der Waals surface area contributed by atoms with Gasteiger partial charge in [0.25, 0.3) is 0 Å². The Labute approximate surface area is 114 Å². The number of carboxylic acids is 1. The second kappa shape index (κ2) is 12.4. The minimum Gasteiger partial charge on any atom is -0.478 e.